The van der Waals surface area contributed by atoms with Gasteiger partial charge in [0.05, 0.1) is 5.69 Å². The minimum atomic E-state index is -0.394. The number of nitrogens with one attached hydrogen (secondary N) is 2. The SMILES string of the molecule is CC(=O)Nc1cc(-c2ccc(=O)n(CC(=O)Nc3ccc(Cl)cc3)n2)ccc1C. The molecule has 0 aliphatic heterocycles. The molecule has 0 saturated carbocycles. The van der Waals surface area contributed by atoms with Crippen LogP contribution in [-0.4, -0.2) is 21.6 Å². The molecule has 0 radical (unpaired) electrons. The molecular weight excluding hydrogens is 392 g/mol. The van der Waals surface area contributed by atoms with E-state index in [4.69, 9.17) is 11.6 Å². The number of nitrogens with zero attached hydrogens (tertiary/aromatic N) is 2. The molecule has 0 aliphatic carbocycles. The summed E-state index contributed by atoms with van der Waals surface area (Å²) in [5.74, 6) is -0.566. The van der Waals surface area contributed by atoms with Gasteiger partial charge in [-0.05, 0) is 48.9 Å². The third-order valence-corrected chi connectivity index (χ3v) is 4.38. The number of rotatable bonds is 5. The Labute approximate surface area is 172 Å². The molecule has 29 heavy (non-hydrogen) atoms. The van der Waals surface area contributed by atoms with Gasteiger partial charge in [-0.2, -0.15) is 5.10 Å². The van der Waals surface area contributed by atoms with Crippen LogP contribution in [0.1, 0.15) is 12.5 Å². The molecule has 148 valence electrons. The zero-order chi connectivity index (χ0) is 21.0. The van der Waals surface area contributed by atoms with Crippen LogP contribution in [0.15, 0.2) is 59.4 Å². The van der Waals surface area contributed by atoms with E-state index in [1.54, 1.807) is 36.4 Å². The zero-order valence-corrected chi connectivity index (χ0v) is 16.7. The second kappa shape index (κ2) is 8.70. The number of hydrogen-bond donors (Lipinski definition) is 2. The highest BCUT2D eigenvalue weighted by Crippen LogP contribution is 2.23. The molecule has 0 spiro atoms. The lowest BCUT2D eigenvalue weighted by Crippen LogP contribution is -2.29. The molecule has 3 rings (SSSR count). The van der Waals surface area contributed by atoms with Gasteiger partial charge in [-0.25, -0.2) is 4.68 Å². The Hall–Kier alpha value is -3.45. The Bertz CT molecular complexity index is 1120. The Morgan fingerprint density at radius 3 is 2.45 bits per heavy atom. The summed E-state index contributed by atoms with van der Waals surface area (Å²) in [6.07, 6.45) is 0. The highest BCUT2D eigenvalue weighted by atomic mass is 35.5. The molecule has 8 heteroatoms. The van der Waals surface area contributed by atoms with Gasteiger partial charge in [0.25, 0.3) is 5.56 Å². The van der Waals surface area contributed by atoms with E-state index in [2.05, 4.69) is 15.7 Å². The summed E-state index contributed by atoms with van der Waals surface area (Å²) in [5.41, 5.74) is 2.97. The number of anilines is 2. The van der Waals surface area contributed by atoms with Crippen molar-refractivity contribution in [2.45, 2.75) is 20.4 Å². The first-order valence-corrected chi connectivity index (χ1v) is 9.22. The Kier molecular flexibility index (Phi) is 6.09. The van der Waals surface area contributed by atoms with Crippen molar-refractivity contribution in [3.05, 3.63) is 75.5 Å². The predicted molar refractivity (Wildman–Crippen MR) is 113 cm³/mol. The van der Waals surface area contributed by atoms with E-state index in [9.17, 15) is 14.4 Å². The van der Waals surface area contributed by atoms with Gasteiger partial charge < -0.3 is 10.6 Å². The van der Waals surface area contributed by atoms with Crippen LogP contribution in [0.2, 0.25) is 5.02 Å². The summed E-state index contributed by atoms with van der Waals surface area (Å²) in [4.78, 5) is 35.8. The normalized spacial score (nSPS) is 10.4. The standard InChI is InChI=1S/C21H19ClN4O3/c1-13-3-4-15(11-19(13)23-14(2)27)18-9-10-21(29)26(25-18)12-20(28)24-17-7-5-16(22)6-8-17/h3-11H,12H2,1-2H3,(H,23,27)(H,24,28). The van der Waals surface area contributed by atoms with Crippen LogP contribution in [-0.2, 0) is 16.1 Å². The highest BCUT2D eigenvalue weighted by molar-refractivity contribution is 6.30. The van der Waals surface area contributed by atoms with Crippen LogP contribution >= 0.6 is 11.6 Å². The number of amides is 2. The lowest BCUT2D eigenvalue weighted by atomic mass is 10.1. The first-order valence-electron chi connectivity index (χ1n) is 8.84. The van der Waals surface area contributed by atoms with E-state index in [1.165, 1.54) is 13.0 Å². The summed E-state index contributed by atoms with van der Waals surface area (Å²) in [6, 6.07) is 15.1. The minimum Gasteiger partial charge on any atom is -0.326 e. The number of carbonyl (C=O) groups is 2. The van der Waals surface area contributed by atoms with E-state index in [0.29, 0.717) is 27.7 Å². The minimum absolute atomic E-state index is 0.179. The van der Waals surface area contributed by atoms with Crippen LogP contribution in [0.5, 0.6) is 0 Å². The predicted octanol–water partition coefficient (Wildman–Crippen LogP) is 3.47. The van der Waals surface area contributed by atoms with Crippen molar-refractivity contribution >= 4 is 34.8 Å². The Balaban J connectivity index is 1.83. The topological polar surface area (TPSA) is 93.1 Å². The molecule has 0 bridgehead atoms. The molecule has 0 saturated heterocycles. The number of halogens is 1. The number of aryl methyl sites for hydroxylation is 1. The van der Waals surface area contributed by atoms with Crippen LogP contribution in [0.4, 0.5) is 11.4 Å². The maximum atomic E-state index is 12.3. The molecule has 0 aliphatic rings. The molecule has 0 unspecified atom stereocenters. The van der Waals surface area contributed by atoms with E-state index in [1.807, 2.05) is 19.1 Å². The fourth-order valence-corrected chi connectivity index (χ4v) is 2.82. The lowest BCUT2D eigenvalue weighted by molar-refractivity contribution is -0.117. The summed E-state index contributed by atoms with van der Waals surface area (Å²) >= 11 is 5.83. The summed E-state index contributed by atoms with van der Waals surface area (Å²) in [5, 5.41) is 10.3. The van der Waals surface area contributed by atoms with Crippen molar-refractivity contribution < 1.29 is 9.59 Å². The smallest absolute Gasteiger partial charge is 0.267 e. The first kappa shape index (κ1) is 20.3. The van der Waals surface area contributed by atoms with Crippen molar-refractivity contribution in [1.29, 1.82) is 0 Å². The van der Waals surface area contributed by atoms with Crippen molar-refractivity contribution in [1.82, 2.24) is 9.78 Å². The third kappa shape index (κ3) is 5.30. The van der Waals surface area contributed by atoms with Gasteiger partial charge in [0.15, 0.2) is 0 Å². The van der Waals surface area contributed by atoms with Crippen LogP contribution < -0.4 is 16.2 Å². The average molecular weight is 411 g/mol. The number of benzene rings is 2. The molecule has 2 aromatic carbocycles. The Morgan fingerprint density at radius 1 is 1.03 bits per heavy atom. The number of hydrogen-bond acceptors (Lipinski definition) is 4. The third-order valence-electron chi connectivity index (χ3n) is 4.13. The fourth-order valence-electron chi connectivity index (χ4n) is 2.69. The van der Waals surface area contributed by atoms with Crippen molar-refractivity contribution in [3.63, 3.8) is 0 Å². The van der Waals surface area contributed by atoms with Crippen molar-refractivity contribution in [3.8, 4) is 11.3 Å². The van der Waals surface area contributed by atoms with Gasteiger partial charge in [-0.1, -0.05) is 23.7 Å². The lowest BCUT2D eigenvalue weighted by Gasteiger charge is -2.11. The highest BCUT2D eigenvalue weighted by Gasteiger charge is 2.10. The molecular formula is C21H19ClN4O3. The fraction of sp³-hybridized carbons (Fsp3) is 0.143. The van der Waals surface area contributed by atoms with Crippen molar-refractivity contribution in [2.24, 2.45) is 0 Å². The molecule has 2 amide bonds. The van der Waals surface area contributed by atoms with Gasteiger partial charge in [0.2, 0.25) is 11.8 Å². The van der Waals surface area contributed by atoms with E-state index in [0.717, 1.165) is 10.2 Å². The Morgan fingerprint density at radius 2 is 1.76 bits per heavy atom. The quantitative estimate of drug-likeness (QED) is 0.673. The van der Waals surface area contributed by atoms with Crippen molar-refractivity contribution in [2.75, 3.05) is 10.6 Å². The van der Waals surface area contributed by atoms with Crippen LogP contribution in [0.3, 0.4) is 0 Å². The maximum absolute atomic E-state index is 12.3. The summed E-state index contributed by atoms with van der Waals surface area (Å²) in [7, 11) is 0. The van der Waals surface area contributed by atoms with Gasteiger partial charge in [0, 0.05) is 35.0 Å². The average Bonchev–Trinajstić information content (AvgIpc) is 2.67. The largest absolute Gasteiger partial charge is 0.326 e. The molecule has 3 aromatic rings. The zero-order valence-electron chi connectivity index (χ0n) is 15.9. The number of carbonyl (C=O) groups excluding carboxylic acids is 2. The van der Waals surface area contributed by atoms with Gasteiger partial charge >= 0.3 is 0 Å². The molecule has 2 N–H and O–H groups in total. The van der Waals surface area contributed by atoms with Crippen LogP contribution in [0.25, 0.3) is 11.3 Å². The first-order chi connectivity index (χ1) is 13.8. The molecule has 7 nitrogen and oxygen atoms in total. The number of aromatic nitrogens is 2. The van der Waals surface area contributed by atoms with Crippen LogP contribution in [0, 0.1) is 6.92 Å². The summed E-state index contributed by atoms with van der Waals surface area (Å²) in [6.45, 7) is 3.08. The van der Waals surface area contributed by atoms with Gasteiger partial charge in [-0.3, -0.25) is 14.4 Å². The molecule has 1 heterocycles. The van der Waals surface area contributed by atoms with Gasteiger partial charge in [-0.15, -0.1) is 0 Å². The van der Waals surface area contributed by atoms with E-state index < -0.39 is 5.56 Å². The van der Waals surface area contributed by atoms with Gasteiger partial charge in [0.1, 0.15) is 6.54 Å². The maximum Gasteiger partial charge on any atom is 0.267 e. The van der Waals surface area contributed by atoms with E-state index >= 15 is 0 Å². The second-order valence-corrected chi connectivity index (χ2v) is 6.92. The second-order valence-electron chi connectivity index (χ2n) is 6.48. The molecule has 1 aromatic heterocycles. The molecule has 0 fully saturated rings. The monoisotopic (exact) mass is 410 g/mol. The summed E-state index contributed by atoms with van der Waals surface area (Å²) < 4.78 is 1.10. The van der Waals surface area contributed by atoms with E-state index in [-0.39, 0.29) is 18.4 Å². The molecule has 0 atom stereocenters.